The van der Waals surface area contributed by atoms with Crippen molar-refractivity contribution in [2.24, 2.45) is 0 Å². The summed E-state index contributed by atoms with van der Waals surface area (Å²) in [6, 6.07) is 15.8. The molecule has 2 aromatic heterocycles. The van der Waals surface area contributed by atoms with Crippen LogP contribution in [-0.4, -0.2) is 44.8 Å². The van der Waals surface area contributed by atoms with Gasteiger partial charge in [0.25, 0.3) is 0 Å². The zero-order valence-electron chi connectivity index (χ0n) is 17.5. The summed E-state index contributed by atoms with van der Waals surface area (Å²) in [5, 5.41) is 8.69. The molecule has 0 aliphatic carbocycles. The largest absolute Gasteiger partial charge is 0.310 e. The number of nitrogens with zero attached hydrogens (tertiary/aromatic N) is 4. The van der Waals surface area contributed by atoms with Gasteiger partial charge in [0.05, 0.1) is 12.2 Å². The monoisotopic (exact) mass is 389 g/mol. The summed E-state index contributed by atoms with van der Waals surface area (Å²) in [7, 11) is 0. The van der Waals surface area contributed by atoms with Gasteiger partial charge in [-0.15, -0.1) is 0 Å². The number of rotatable bonds is 7. The third-order valence-corrected chi connectivity index (χ3v) is 5.80. The third kappa shape index (κ3) is 5.11. The number of pyridine rings is 1. The van der Waals surface area contributed by atoms with Crippen molar-refractivity contribution in [1.29, 1.82) is 0 Å². The zero-order chi connectivity index (χ0) is 20.1. The van der Waals surface area contributed by atoms with E-state index < -0.39 is 0 Å². The van der Waals surface area contributed by atoms with Crippen LogP contribution in [0, 0.1) is 0 Å². The SMILES string of the molecule is CC(C)N1CCC(NCc2cn(Cc3ccccc3)nc2-c2cccnc2)CC1. The lowest BCUT2D eigenvalue weighted by atomic mass is 10.0. The molecular weight excluding hydrogens is 358 g/mol. The van der Waals surface area contributed by atoms with Gasteiger partial charge in [-0.25, -0.2) is 0 Å². The van der Waals surface area contributed by atoms with Crippen LogP contribution in [0.4, 0.5) is 0 Å². The van der Waals surface area contributed by atoms with E-state index in [0.29, 0.717) is 12.1 Å². The first-order valence-corrected chi connectivity index (χ1v) is 10.7. The summed E-state index contributed by atoms with van der Waals surface area (Å²) >= 11 is 0. The maximum absolute atomic E-state index is 4.90. The maximum atomic E-state index is 4.90. The fraction of sp³-hybridized carbons (Fsp3) is 0.417. The van der Waals surface area contributed by atoms with E-state index >= 15 is 0 Å². The minimum atomic E-state index is 0.573. The van der Waals surface area contributed by atoms with E-state index in [0.717, 1.165) is 24.3 Å². The van der Waals surface area contributed by atoms with Crippen LogP contribution in [0.5, 0.6) is 0 Å². The number of nitrogens with one attached hydrogen (secondary N) is 1. The van der Waals surface area contributed by atoms with E-state index in [-0.39, 0.29) is 0 Å². The molecule has 1 saturated heterocycles. The molecule has 0 atom stereocenters. The molecule has 5 nitrogen and oxygen atoms in total. The fourth-order valence-corrected chi connectivity index (χ4v) is 4.06. The molecule has 1 aliphatic heterocycles. The molecule has 0 unspecified atom stereocenters. The smallest absolute Gasteiger partial charge is 0.0983 e. The summed E-state index contributed by atoms with van der Waals surface area (Å²) in [4.78, 5) is 6.86. The average molecular weight is 390 g/mol. The van der Waals surface area contributed by atoms with Gasteiger partial charge in [0, 0.05) is 48.3 Å². The predicted octanol–water partition coefficient (Wildman–Crippen LogP) is 3.96. The number of hydrogen-bond acceptors (Lipinski definition) is 4. The van der Waals surface area contributed by atoms with Gasteiger partial charge in [0.15, 0.2) is 0 Å². The van der Waals surface area contributed by atoms with E-state index in [2.05, 4.69) is 70.3 Å². The van der Waals surface area contributed by atoms with Gasteiger partial charge in [-0.05, 0) is 57.5 Å². The molecule has 1 aliphatic rings. The van der Waals surface area contributed by atoms with Crippen LogP contribution in [0.1, 0.15) is 37.8 Å². The summed E-state index contributed by atoms with van der Waals surface area (Å²) in [5.41, 5.74) is 4.60. The highest BCUT2D eigenvalue weighted by Gasteiger charge is 2.21. The first kappa shape index (κ1) is 19.8. The predicted molar refractivity (Wildman–Crippen MR) is 118 cm³/mol. The number of likely N-dealkylation sites (tertiary alicyclic amines) is 1. The van der Waals surface area contributed by atoms with Gasteiger partial charge < -0.3 is 10.2 Å². The Hall–Kier alpha value is -2.50. The molecule has 0 spiro atoms. The second-order valence-electron chi connectivity index (χ2n) is 8.21. The molecule has 0 saturated carbocycles. The number of aromatic nitrogens is 3. The minimum Gasteiger partial charge on any atom is -0.310 e. The summed E-state index contributed by atoms with van der Waals surface area (Å²) in [6.07, 6.45) is 8.31. The van der Waals surface area contributed by atoms with Crippen LogP contribution < -0.4 is 5.32 Å². The Kier molecular flexibility index (Phi) is 6.37. The highest BCUT2D eigenvalue weighted by atomic mass is 15.3. The quantitative estimate of drug-likeness (QED) is 0.664. The van der Waals surface area contributed by atoms with E-state index in [9.17, 15) is 0 Å². The standard InChI is InChI=1S/C24H31N5/c1-19(2)28-13-10-23(11-14-28)26-16-22-18-29(17-20-7-4-3-5-8-20)27-24(22)21-9-6-12-25-15-21/h3-9,12,15,18-19,23,26H,10-11,13-14,16-17H2,1-2H3. The Labute approximate surface area is 173 Å². The maximum Gasteiger partial charge on any atom is 0.0983 e. The van der Waals surface area contributed by atoms with Gasteiger partial charge in [-0.2, -0.15) is 5.10 Å². The van der Waals surface area contributed by atoms with Gasteiger partial charge in [-0.1, -0.05) is 30.3 Å². The van der Waals surface area contributed by atoms with E-state index in [4.69, 9.17) is 5.10 Å². The van der Waals surface area contributed by atoms with E-state index in [1.807, 2.05) is 24.5 Å². The first-order valence-electron chi connectivity index (χ1n) is 10.7. The molecule has 0 bridgehead atoms. The Bertz CT molecular complexity index is 880. The van der Waals surface area contributed by atoms with Crippen LogP contribution >= 0.6 is 0 Å². The van der Waals surface area contributed by atoms with Crippen molar-refractivity contribution in [2.45, 2.75) is 51.9 Å². The third-order valence-electron chi connectivity index (χ3n) is 5.80. The molecule has 1 fully saturated rings. The van der Waals surface area contributed by atoms with Gasteiger partial charge in [0.1, 0.15) is 0 Å². The normalized spacial score (nSPS) is 15.8. The Morgan fingerprint density at radius 3 is 2.55 bits per heavy atom. The highest BCUT2D eigenvalue weighted by Crippen LogP contribution is 2.22. The average Bonchev–Trinajstić information content (AvgIpc) is 3.16. The lowest BCUT2D eigenvalue weighted by Gasteiger charge is -2.35. The summed E-state index contributed by atoms with van der Waals surface area (Å²) < 4.78 is 2.05. The molecule has 29 heavy (non-hydrogen) atoms. The fourth-order valence-electron chi connectivity index (χ4n) is 4.06. The van der Waals surface area contributed by atoms with Crippen LogP contribution in [0.3, 0.4) is 0 Å². The summed E-state index contributed by atoms with van der Waals surface area (Å²) in [5.74, 6) is 0. The Morgan fingerprint density at radius 1 is 1.07 bits per heavy atom. The van der Waals surface area contributed by atoms with Crippen molar-refractivity contribution in [3.8, 4) is 11.3 Å². The van der Waals surface area contributed by atoms with E-state index in [1.165, 1.54) is 37.1 Å². The molecule has 0 radical (unpaired) electrons. The van der Waals surface area contributed by atoms with Crippen molar-refractivity contribution in [2.75, 3.05) is 13.1 Å². The molecule has 0 amide bonds. The molecule has 5 heteroatoms. The highest BCUT2D eigenvalue weighted by molar-refractivity contribution is 5.61. The lowest BCUT2D eigenvalue weighted by molar-refractivity contribution is 0.161. The van der Waals surface area contributed by atoms with Gasteiger partial charge in [-0.3, -0.25) is 9.67 Å². The number of piperidine rings is 1. The lowest BCUT2D eigenvalue weighted by Crippen LogP contribution is -2.44. The number of benzene rings is 1. The Balaban J connectivity index is 1.47. The van der Waals surface area contributed by atoms with Crippen LogP contribution in [0.2, 0.25) is 0 Å². The van der Waals surface area contributed by atoms with Gasteiger partial charge in [0.2, 0.25) is 0 Å². The Morgan fingerprint density at radius 2 is 1.86 bits per heavy atom. The van der Waals surface area contributed by atoms with Gasteiger partial charge >= 0.3 is 0 Å². The molecule has 1 aromatic carbocycles. The van der Waals surface area contributed by atoms with Crippen molar-refractivity contribution in [1.82, 2.24) is 25.0 Å². The zero-order valence-corrected chi connectivity index (χ0v) is 17.5. The summed E-state index contributed by atoms with van der Waals surface area (Å²) in [6.45, 7) is 8.55. The second-order valence-corrected chi connectivity index (χ2v) is 8.21. The van der Waals surface area contributed by atoms with Crippen molar-refractivity contribution in [3.05, 3.63) is 72.2 Å². The molecule has 1 N–H and O–H groups in total. The molecule has 3 aromatic rings. The topological polar surface area (TPSA) is 46.0 Å². The molecular formula is C24H31N5. The molecule has 3 heterocycles. The van der Waals surface area contributed by atoms with E-state index in [1.54, 1.807) is 0 Å². The van der Waals surface area contributed by atoms with Crippen LogP contribution in [0.15, 0.2) is 61.1 Å². The molecule has 4 rings (SSSR count). The van der Waals surface area contributed by atoms with Crippen molar-refractivity contribution >= 4 is 0 Å². The van der Waals surface area contributed by atoms with Crippen molar-refractivity contribution < 1.29 is 0 Å². The van der Waals surface area contributed by atoms with Crippen LogP contribution in [0.25, 0.3) is 11.3 Å². The van der Waals surface area contributed by atoms with Crippen molar-refractivity contribution in [3.63, 3.8) is 0 Å². The first-order chi connectivity index (χ1) is 14.2. The number of hydrogen-bond donors (Lipinski definition) is 1. The molecule has 152 valence electrons. The van der Waals surface area contributed by atoms with Crippen LogP contribution in [-0.2, 0) is 13.1 Å². The minimum absolute atomic E-state index is 0.573. The second kappa shape index (κ2) is 9.33.